The molecule has 0 bridgehead atoms. The molecule has 0 spiro atoms. The number of Topliss-reactive ketones (excluding diaryl/α,β-unsaturated/α-hetero) is 1. The average Bonchev–Trinajstić information content (AvgIpc) is 2.60. The zero-order chi connectivity index (χ0) is 8.55. The number of likely N-dealkylation sites (N-methyl/N-ethyl adjacent to an activating group) is 1. The number of ketones is 1. The first kappa shape index (κ1) is 8.20. The van der Waals surface area contributed by atoms with Gasteiger partial charge in [0.2, 0.25) is 0 Å². The second-order valence-corrected chi connectivity index (χ2v) is 4.02. The Morgan fingerprint density at radius 1 is 1.50 bits per heavy atom. The van der Waals surface area contributed by atoms with Gasteiger partial charge in [-0.05, 0) is 25.3 Å². The molecule has 1 saturated carbocycles. The number of likely N-dealkylation sites (tertiary alicyclic amines) is 1. The van der Waals surface area contributed by atoms with Gasteiger partial charge in [0.15, 0.2) is 5.78 Å². The number of carbonyl (C=O) groups is 1. The maximum Gasteiger partial charge on any atom is 0.160 e. The van der Waals surface area contributed by atoms with Gasteiger partial charge in [-0.3, -0.25) is 9.69 Å². The van der Waals surface area contributed by atoms with Crippen molar-refractivity contribution in [2.75, 3.05) is 33.2 Å². The zero-order valence-corrected chi connectivity index (χ0v) is 7.55. The largest absolute Gasteiger partial charge is 0.313 e. The number of carbonyl (C=O) groups excluding carboxylic acids is 1. The van der Waals surface area contributed by atoms with Gasteiger partial charge in [0.05, 0.1) is 13.1 Å². The van der Waals surface area contributed by atoms with E-state index in [4.69, 9.17) is 0 Å². The summed E-state index contributed by atoms with van der Waals surface area (Å²) in [4.78, 5) is 13.5. The second-order valence-electron chi connectivity index (χ2n) is 4.02. The Balaban J connectivity index is 1.69. The van der Waals surface area contributed by atoms with E-state index >= 15 is 0 Å². The highest BCUT2D eigenvalue weighted by Gasteiger charge is 2.44. The number of rotatable bonds is 4. The van der Waals surface area contributed by atoms with Gasteiger partial charge in [-0.2, -0.15) is 0 Å². The lowest BCUT2D eigenvalue weighted by molar-refractivity contribution is -0.119. The van der Waals surface area contributed by atoms with E-state index in [1.165, 1.54) is 19.5 Å². The summed E-state index contributed by atoms with van der Waals surface area (Å²) in [5.74, 6) is 2.19. The molecule has 1 aliphatic heterocycles. The quantitative estimate of drug-likeness (QED) is 0.627. The Labute approximate surface area is 73.1 Å². The summed E-state index contributed by atoms with van der Waals surface area (Å²) in [6.07, 6.45) is 1.41. The molecule has 1 aliphatic carbocycles. The van der Waals surface area contributed by atoms with E-state index in [0.717, 1.165) is 11.8 Å². The SMILES string of the molecule is CNCC(=O)CN1CC2CC2C1. The van der Waals surface area contributed by atoms with Crippen LogP contribution in [-0.2, 0) is 4.79 Å². The van der Waals surface area contributed by atoms with Gasteiger partial charge in [-0.15, -0.1) is 0 Å². The molecular formula is C9H16N2O. The van der Waals surface area contributed by atoms with Crippen molar-refractivity contribution in [3.05, 3.63) is 0 Å². The first-order valence-electron chi connectivity index (χ1n) is 4.68. The Morgan fingerprint density at radius 2 is 2.17 bits per heavy atom. The highest BCUT2D eigenvalue weighted by molar-refractivity contribution is 5.82. The van der Waals surface area contributed by atoms with Gasteiger partial charge in [-0.1, -0.05) is 0 Å². The van der Waals surface area contributed by atoms with Gasteiger partial charge in [0.25, 0.3) is 0 Å². The van der Waals surface area contributed by atoms with Crippen molar-refractivity contribution >= 4 is 5.78 Å². The topological polar surface area (TPSA) is 32.3 Å². The van der Waals surface area contributed by atoms with Crippen molar-refractivity contribution in [3.63, 3.8) is 0 Å². The van der Waals surface area contributed by atoms with Crippen LogP contribution in [0.4, 0.5) is 0 Å². The normalized spacial score (nSPS) is 33.4. The van der Waals surface area contributed by atoms with Crippen molar-refractivity contribution in [2.45, 2.75) is 6.42 Å². The van der Waals surface area contributed by atoms with Gasteiger partial charge in [0, 0.05) is 13.1 Å². The summed E-state index contributed by atoms with van der Waals surface area (Å²) in [5, 5.41) is 2.89. The molecule has 0 aromatic heterocycles. The third-order valence-electron chi connectivity index (χ3n) is 2.83. The molecule has 68 valence electrons. The first-order chi connectivity index (χ1) is 5.79. The highest BCUT2D eigenvalue weighted by atomic mass is 16.1. The lowest BCUT2D eigenvalue weighted by Crippen LogP contribution is -2.33. The van der Waals surface area contributed by atoms with Gasteiger partial charge in [0.1, 0.15) is 0 Å². The maximum atomic E-state index is 11.2. The van der Waals surface area contributed by atoms with Gasteiger partial charge < -0.3 is 5.32 Å². The number of hydrogen-bond acceptors (Lipinski definition) is 3. The Morgan fingerprint density at radius 3 is 2.75 bits per heavy atom. The van der Waals surface area contributed by atoms with Crippen LogP contribution in [0.3, 0.4) is 0 Å². The summed E-state index contributed by atoms with van der Waals surface area (Å²) >= 11 is 0. The molecule has 1 N–H and O–H groups in total. The Bertz CT molecular complexity index is 183. The Hall–Kier alpha value is -0.410. The molecule has 2 unspecified atom stereocenters. The molecule has 0 aromatic rings. The van der Waals surface area contributed by atoms with Crippen LogP contribution in [0.5, 0.6) is 0 Å². The number of hydrogen-bond donors (Lipinski definition) is 1. The fourth-order valence-electron chi connectivity index (χ4n) is 2.13. The van der Waals surface area contributed by atoms with Gasteiger partial charge in [-0.25, -0.2) is 0 Å². The van der Waals surface area contributed by atoms with Crippen LogP contribution < -0.4 is 5.32 Å². The summed E-state index contributed by atoms with van der Waals surface area (Å²) in [5.41, 5.74) is 0. The third-order valence-corrected chi connectivity index (χ3v) is 2.83. The highest BCUT2D eigenvalue weighted by Crippen LogP contribution is 2.44. The fraction of sp³-hybridized carbons (Fsp3) is 0.889. The van der Waals surface area contributed by atoms with Crippen LogP contribution in [0.25, 0.3) is 0 Å². The molecule has 2 rings (SSSR count). The maximum absolute atomic E-state index is 11.2. The van der Waals surface area contributed by atoms with Crippen LogP contribution >= 0.6 is 0 Å². The number of nitrogens with zero attached hydrogens (tertiary/aromatic N) is 1. The first-order valence-corrected chi connectivity index (χ1v) is 4.68. The number of piperidine rings is 1. The summed E-state index contributed by atoms with van der Waals surface area (Å²) in [6, 6.07) is 0. The van der Waals surface area contributed by atoms with E-state index in [-0.39, 0.29) is 0 Å². The molecule has 12 heavy (non-hydrogen) atoms. The van der Waals surface area contributed by atoms with Crippen molar-refractivity contribution in [3.8, 4) is 0 Å². The molecule has 3 nitrogen and oxygen atoms in total. The minimum absolute atomic E-state index is 0.318. The molecule has 0 radical (unpaired) electrons. The van der Waals surface area contributed by atoms with Crippen LogP contribution in [0.15, 0.2) is 0 Å². The van der Waals surface area contributed by atoms with Crippen molar-refractivity contribution in [2.24, 2.45) is 11.8 Å². The van der Waals surface area contributed by atoms with Gasteiger partial charge >= 0.3 is 0 Å². The van der Waals surface area contributed by atoms with E-state index < -0.39 is 0 Å². The standard InChI is InChI=1S/C9H16N2O/c1-10-3-9(12)6-11-4-7-2-8(7)5-11/h7-8,10H,2-6H2,1H3. The van der Waals surface area contributed by atoms with Crippen LogP contribution in [0.1, 0.15) is 6.42 Å². The fourth-order valence-corrected chi connectivity index (χ4v) is 2.13. The van der Waals surface area contributed by atoms with E-state index in [1.54, 1.807) is 0 Å². The molecular weight excluding hydrogens is 152 g/mol. The molecule has 0 aromatic carbocycles. The molecule has 1 saturated heterocycles. The molecule has 2 fully saturated rings. The van der Waals surface area contributed by atoms with Crippen LogP contribution in [0, 0.1) is 11.8 Å². The smallest absolute Gasteiger partial charge is 0.160 e. The minimum atomic E-state index is 0.318. The van der Waals surface area contributed by atoms with Crippen LogP contribution in [-0.4, -0.2) is 43.9 Å². The molecule has 2 aliphatic rings. The Kier molecular flexibility index (Phi) is 2.15. The predicted octanol–water partition coefficient (Wildman–Crippen LogP) is -0.273. The predicted molar refractivity (Wildman–Crippen MR) is 47.0 cm³/mol. The number of fused-ring (bicyclic) bond motifs is 1. The van der Waals surface area contributed by atoms with E-state index in [2.05, 4.69) is 10.2 Å². The van der Waals surface area contributed by atoms with Crippen molar-refractivity contribution < 1.29 is 4.79 Å². The van der Waals surface area contributed by atoms with Crippen molar-refractivity contribution in [1.29, 1.82) is 0 Å². The monoisotopic (exact) mass is 168 g/mol. The van der Waals surface area contributed by atoms with E-state index in [0.29, 0.717) is 18.9 Å². The zero-order valence-electron chi connectivity index (χ0n) is 7.55. The second kappa shape index (κ2) is 3.15. The average molecular weight is 168 g/mol. The lowest BCUT2D eigenvalue weighted by atomic mass is 10.3. The third kappa shape index (κ3) is 1.67. The molecule has 1 heterocycles. The summed E-state index contributed by atoms with van der Waals surface area (Å²) in [6.45, 7) is 3.51. The lowest BCUT2D eigenvalue weighted by Gasteiger charge is -2.15. The summed E-state index contributed by atoms with van der Waals surface area (Å²) < 4.78 is 0. The molecule has 3 heteroatoms. The molecule has 2 atom stereocenters. The van der Waals surface area contributed by atoms with E-state index in [9.17, 15) is 4.79 Å². The minimum Gasteiger partial charge on any atom is -0.313 e. The molecule has 0 amide bonds. The number of nitrogens with one attached hydrogen (secondary N) is 1. The van der Waals surface area contributed by atoms with Crippen molar-refractivity contribution in [1.82, 2.24) is 10.2 Å². The van der Waals surface area contributed by atoms with Crippen LogP contribution in [0.2, 0.25) is 0 Å². The van der Waals surface area contributed by atoms with E-state index in [1.807, 2.05) is 7.05 Å². The summed E-state index contributed by atoms with van der Waals surface area (Å²) in [7, 11) is 1.82.